The molecule has 0 amide bonds. The van der Waals surface area contributed by atoms with Crippen molar-refractivity contribution in [2.24, 2.45) is 0 Å². The predicted molar refractivity (Wildman–Crippen MR) is 128 cm³/mol. The summed E-state index contributed by atoms with van der Waals surface area (Å²) < 4.78 is 38.0. The summed E-state index contributed by atoms with van der Waals surface area (Å²) in [6.45, 7) is 10.8. The second-order valence-corrected chi connectivity index (χ2v) is 10.8. The Morgan fingerprint density at radius 2 is 1.52 bits per heavy atom. The summed E-state index contributed by atoms with van der Waals surface area (Å²) in [6, 6.07) is 14.1. The van der Waals surface area contributed by atoms with Crippen molar-refractivity contribution < 1.29 is 27.5 Å². The van der Waals surface area contributed by atoms with E-state index in [-0.39, 0.29) is 4.90 Å². The third kappa shape index (κ3) is 8.46. The first-order chi connectivity index (χ1) is 15.4. The highest BCUT2D eigenvalue weighted by Gasteiger charge is 2.31. The lowest BCUT2D eigenvalue weighted by Gasteiger charge is -2.25. The molecule has 0 saturated heterocycles. The molecule has 0 spiro atoms. The average molecular weight is 478 g/mol. The Morgan fingerprint density at radius 3 is 2.00 bits per heavy atom. The number of benzene rings is 2. The van der Waals surface area contributed by atoms with Crippen molar-refractivity contribution in [3.05, 3.63) is 48.5 Å². The van der Waals surface area contributed by atoms with Crippen LogP contribution in [0.25, 0.3) is 11.1 Å². The summed E-state index contributed by atoms with van der Waals surface area (Å²) in [5.41, 5.74) is 1.06. The Morgan fingerprint density at radius 1 is 0.970 bits per heavy atom. The van der Waals surface area contributed by atoms with Crippen LogP contribution in [0.5, 0.6) is 5.75 Å². The van der Waals surface area contributed by atoms with Gasteiger partial charge in [0.25, 0.3) is 10.0 Å². The van der Waals surface area contributed by atoms with Crippen LogP contribution in [-0.2, 0) is 24.4 Å². The highest BCUT2D eigenvalue weighted by molar-refractivity contribution is 7.89. The summed E-state index contributed by atoms with van der Waals surface area (Å²) in [6.07, 6.45) is 1.63. The molecule has 0 unspecified atom stereocenters. The highest BCUT2D eigenvalue weighted by atomic mass is 32.2. The quantitative estimate of drug-likeness (QED) is 0.251. The van der Waals surface area contributed by atoms with Gasteiger partial charge in [0.1, 0.15) is 17.9 Å². The molecule has 0 fully saturated rings. The van der Waals surface area contributed by atoms with Gasteiger partial charge in [-0.05, 0) is 76.4 Å². The van der Waals surface area contributed by atoms with Crippen LogP contribution >= 0.6 is 0 Å². The van der Waals surface area contributed by atoms with E-state index in [0.717, 1.165) is 29.7 Å². The monoisotopic (exact) mass is 477 g/mol. The first kappa shape index (κ1) is 26.8. The van der Waals surface area contributed by atoms with E-state index < -0.39 is 34.2 Å². The molecule has 182 valence electrons. The maximum atomic E-state index is 13.2. The van der Waals surface area contributed by atoms with Crippen LogP contribution < -0.4 is 4.74 Å². The zero-order valence-electron chi connectivity index (χ0n) is 20.3. The van der Waals surface area contributed by atoms with Gasteiger partial charge in [0.05, 0.1) is 17.6 Å². The topological polar surface area (TPSA) is 82.1 Å². The van der Waals surface area contributed by atoms with Gasteiger partial charge in [0.15, 0.2) is 0 Å². The molecule has 2 aromatic carbocycles. The van der Waals surface area contributed by atoms with Crippen molar-refractivity contribution in [3.63, 3.8) is 0 Å². The average Bonchev–Trinajstić information content (AvgIpc) is 2.72. The molecule has 0 N–H and O–H groups in total. The molecule has 2 aromatic rings. The second-order valence-electron chi connectivity index (χ2n) is 8.96. The van der Waals surface area contributed by atoms with Gasteiger partial charge in [0, 0.05) is 0 Å². The minimum atomic E-state index is -4.08. The molecule has 0 saturated carbocycles. The number of unbranched alkanes of at least 4 members (excludes halogenated alkanes) is 1. The molecule has 0 heterocycles. The number of hydroxylamine groups is 1. The zero-order valence-corrected chi connectivity index (χ0v) is 21.1. The molecule has 7 nitrogen and oxygen atoms in total. The van der Waals surface area contributed by atoms with E-state index in [0.29, 0.717) is 11.1 Å². The van der Waals surface area contributed by atoms with E-state index in [9.17, 15) is 13.2 Å². The van der Waals surface area contributed by atoms with Crippen LogP contribution in [0.15, 0.2) is 53.4 Å². The fourth-order valence-corrected chi connectivity index (χ4v) is 4.18. The summed E-state index contributed by atoms with van der Waals surface area (Å²) in [4.78, 5) is 17.7. The summed E-state index contributed by atoms with van der Waals surface area (Å²) in [5, 5.41) is 0. The van der Waals surface area contributed by atoms with Crippen molar-refractivity contribution in [2.75, 3.05) is 13.2 Å². The van der Waals surface area contributed by atoms with Crippen LogP contribution in [-0.4, -0.2) is 43.7 Å². The van der Waals surface area contributed by atoms with Crippen LogP contribution in [0.1, 0.15) is 54.4 Å². The molecule has 0 bridgehead atoms. The van der Waals surface area contributed by atoms with Crippen LogP contribution in [0.2, 0.25) is 0 Å². The molecule has 0 aliphatic heterocycles. The minimum Gasteiger partial charge on any atom is -0.494 e. The number of ether oxygens (including phenoxy) is 2. The third-order valence-corrected chi connectivity index (χ3v) is 6.00. The van der Waals surface area contributed by atoms with Crippen molar-refractivity contribution in [1.29, 1.82) is 0 Å². The number of rotatable bonds is 11. The lowest BCUT2D eigenvalue weighted by atomic mass is 10.1. The van der Waals surface area contributed by atoms with Crippen molar-refractivity contribution >= 4 is 16.0 Å². The Balaban J connectivity index is 2.19. The van der Waals surface area contributed by atoms with Gasteiger partial charge in [-0.2, -0.15) is 0 Å². The Hall–Kier alpha value is -2.42. The number of sulfonamides is 1. The largest absolute Gasteiger partial charge is 0.494 e. The van der Waals surface area contributed by atoms with Crippen molar-refractivity contribution in [1.82, 2.24) is 4.47 Å². The molecular weight excluding hydrogens is 442 g/mol. The number of carbonyl (C=O) groups is 1. The third-order valence-electron chi connectivity index (χ3n) is 4.38. The van der Waals surface area contributed by atoms with Crippen LogP contribution in [0.3, 0.4) is 0 Å². The molecule has 0 atom stereocenters. The molecule has 0 aromatic heterocycles. The van der Waals surface area contributed by atoms with Gasteiger partial charge < -0.3 is 9.47 Å². The van der Waals surface area contributed by atoms with Gasteiger partial charge >= 0.3 is 5.97 Å². The normalized spacial score (nSPS) is 12.2. The van der Waals surface area contributed by atoms with Crippen molar-refractivity contribution in [3.8, 4) is 16.9 Å². The molecular formula is C25H35NO6S. The predicted octanol–water partition coefficient (Wildman–Crippen LogP) is 5.20. The van der Waals surface area contributed by atoms with Gasteiger partial charge in [-0.1, -0.05) is 42.1 Å². The lowest BCUT2D eigenvalue weighted by Crippen LogP contribution is -2.40. The zero-order chi connectivity index (χ0) is 24.6. The Kier molecular flexibility index (Phi) is 9.46. The minimum absolute atomic E-state index is 0.0231. The smallest absolute Gasteiger partial charge is 0.324 e. The maximum Gasteiger partial charge on any atom is 0.324 e. The Labute approximate surface area is 197 Å². The summed E-state index contributed by atoms with van der Waals surface area (Å²) in [5.74, 6) is 0.111. The number of carbonyl (C=O) groups excluding carboxylic acids is 1. The first-order valence-electron chi connectivity index (χ1n) is 11.2. The van der Waals surface area contributed by atoms with E-state index in [1.54, 1.807) is 46.8 Å². The summed E-state index contributed by atoms with van der Waals surface area (Å²) in [7, 11) is -4.08. The SMILES string of the molecule is CCCCOc1ccc(-c2ccc(S(=O)(=O)N(CC(=O)OC(C)(C)C)OC(C)C)cc2)cc1. The number of hydrogen-bond acceptors (Lipinski definition) is 6. The van der Waals surface area contributed by atoms with Gasteiger partial charge in [-0.3, -0.25) is 9.63 Å². The fraction of sp³-hybridized carbons (Fsp3) is 0.480. The van der Waals surface area contributed by atoms with E-state index in [4.69, 9.17) is 14.3 Å². The molecule has 0 aliphatic carbocycles. The van der Waals surface area contributed by atoms with E-state index in [1.165, 1.54) is 12.1 Å². The summed E-state index contributed by atoms with van der Waals surface area (Å²) >= 11 is 0. The molecule has 33 heavy (non-hydrogen) atoms. The van der Waals surface area contributed by atoms with Crippen LogP contribution in [0, 0.1) is 0 Å². The van der Waals surface area contributed by atoms with Gasteiger partial charge in [0.2, 0.25) is 0 Å². The maximum absolute atomic E-state index is 13.2. The Bertz CT molecular complexity index is 993. The highest BCUT2D eigenvalue weighted by Crippen LogP contribution is 2.25. The number of hydrogen-bond donors (Lipinski definition) is 0. The second kappa shape index (κ2) is 11.6. The molecule has 0 aliphatic rings. The molecule has 8 heteroatoms. The lowest BCUT2D eigenvalue weighted by molar-refractivity contribution is -0.170. The van der Waals surface area contributed by atoms with Gasteiger partial charge in [-0.15, -0.1) is 0 Å². The van der Waals surface area contributed by atoms with Gasteiger partial charge in [-0.25, -0.2) is 8.42 Å². The first-order valence-corrected chi connectivity index (χ1v) is 12.6. The van der Waals surface area contributed by atoms with Crippen molar-refractivity contribution in [2.45, 2.75) is 71.0 Å². The molecule has 2 rings (SSSR count). The fourth-order valence-electron chi connectivity index (χ4n) is 2.91. The molecule has 0 radical (unpaired) electrons. The number of nitrogens with zero attached hydrogens (tertiary/aromatic N) is 1. The van der Waals surface area contributed by atoms with E-state index >= 15 is 0 Å². The van der Waals surface area contributed by atoms with E-state index in [2.05, 4.69) is 6.92 Å². The number of esters is 1. The van der Waals surface area contributed by atoms with E-state index in [1.807, 2.05) is 24.3 Å². The van der Waals surface area contributed by atoms with Crippen LogP contribution in [0.4, 0.5) is 0 Å². The standard InChI is InChI=1S/C25H35NO6S/c1-7-8-17-30-22-13-9-20(10-14-22)21-11-15-23(16-12-21)33(28,29)26(32-19(2)3)18-24(27)31-25(4,5)6/h9-16,19H,7-8,17-18H2,1-6H3.